The molecule has 0 bridgehead atoms. The molecule has 1 unspecified atom stereocenters. The Labute approximate surface area is 225 Å². The van der Waals surface area contributed by atoms with Crippen molar-refractivity contribution in [2.45, 2.75) is 110 Å². The first kappa shape index (κ1) is 32.8. The number of rotatable bonds is 24. The maximum atomic E-state index is 11.8. The summed E-state index contributed by atoms with van der Waals surface area (Å²) in [6.45, 7) is 5.97. The van der Waals surface area contributed by atoms with E-state index in [9.17, 15) is 9.59 Å². The number of unbranched alkanes of at least 4 members (excludes halogenated alkanes) is 8. The largest absolute Gasteiger partial charge is 0.463 e. The first-order chi connectivity index (χ1) is 18.1. The Kier molecular flexibility index (Phi) is 21.5. The van der Waals surface area contributed by atoms with Gasteiger partial charge < -0.3 is 18.9 Å². The van der Waals surface area contributed by atoms with Crippen LogP contribution >= 0.6 is 0 Å². The average molecular weight is 519 g/mol. The lowest BCUT2D eigenvalue weighted by Crippen LogP contribution is -2.15. The van der Waals surface area contributed by atoms with Crippen molar-refractivity contribution in [3.63, 3.8) is 0 Å². The van der Waals surface area contributed by atoms with Gasteiger partial charge in [-0.3, -0.25) is 9.59 Å². The van der Waals surface area contributed by atoms with Crippen LogP contribution in [0.25, 0.3) is 0 Å². The summed E-state index contributed by atoms with van der Waals surface area (Å²) in [6.07, 6.45) is 17.7. The summed E-state index contributed by atoms with van der Waals surface area (Å²) in [5.41, 5.74) is 1.14. The molecule has 210 valence electrons. The first-order valence-corrected chi connectivity index (χ1v) is 14.3. The fourth-order valence-corrected chi connectivity index (χ4v) is 3.96. The molecule has 0 fully saturated rings. The third-order valence-corrected chi connectivity index (χ3v) is 6.00. The molecule has 6 heteroatoms. The Bertz CT molecular complexity index is 703. The van der Waals surface area contributed by atoms with Crippen molar-refractivity contribution < 1.29 is 28.5 Å². The van der Waals surface area contributed by atoms with Crippen LogP contribution in [-0.2, 0) is 35.1 Å². The monoisotopic (exact) mass is 518 g/mol. The topological polar surface area (TPSA) is 71.1 Å². The minimum atomic E-state index is -0.189. The van der Waals surface area contributed by atoms with Gasteiger partial charge in [-0.05, 0) is 37.7 Å². The Morgan fingerprint density at radius 2 is 1.51 bits per heavy atom. The highest BCUT2D eigenvalue weighted by Gasteiger charge is 2.09. The molecule has 0 aliphatic carbocycles. The minimum Gasteiger partial charge on any atom is -0.463 e. The molecule has 0 amide bonds. The molecule has 1 atom stereocenters. The fraction of sp³-hybridized carbons (Fsp3) is 0.677. The van der Waals surface area contributed by atoms with E-state index in [-0.39, 0.29) is 18.0 Å². The predicted molar refractivity (Wildman–Crippen MR) is 148 cm³/mol. The van der Waals surface area contributed by atoms with E-state index in [1.165, 1.54) is 26.2 Å². The molecule has 0 aromatic heterocycles. The van der Waals surface area contributed by atoms with Gasteiger partial charge in [0.2, 0.25) is 0 Å². The summed E-state index contributed by atoms with van der Waals surface area (Å²) in [5.74, 6) is -0.338. The van der Waals surface area contributed by atoms with Gasteiger partial charge in [-0.2, -0.15) is 0 Å². The smallest absolute Gasteiger partial charge is 0.305 e. The minimum absolute atomic E-state index is 0.0101. The maximum absolute atomic E-state index is 11.8. The van der Waals surface area contributed by atoms with E-state index in [2.05, 4.69) is 19.1 Å². The lowest BCUT2D eigenvalue weighted by molar-refractivity contribution is -0.147. The molecular formula is C31H50O6. The zero-order chi connectivity index (χ0) is 26.8. The summed E-state index contributed by atoms with van der Waals surface area (Å²) in [7, 11) is 0. The van der Waals surface area contributed by atoms with Crippen LogP contribution in [0.4, 0.5) is 0 Å². The van der Waals surface area contributed by atoms with Crippen molar-refractivity contribution in [2.24, 2.45) is 0 Å². The molecule has 0 heterocycles. The number of allylic oxidation sites excluding steroid dienone is 1. The molecule has 37 heavy (non-hydrogen) atoms. The normalized spacial score (nSPS) is 12.1. The highest BCUT2D eigenvalue weighted by molar-refractivity contribution is 5.69. The molecular weight excluding hydrogens is 468 g/mol. The van der Waals surface area contributed by atoms with Crippen LogP contribution in [-0.4, -0.2) is 44.5 Å². The lowest BCUT2D eigenvalue weighted by atomic mass is 10.1. The van der Waals surface area contributed by atoms with Crippen molar-refractivity contribution >= 4 is 11.9 Å². The zero-order valence-electron chi connectivity index (χ0n) is 23.3. The summed E-state index contributed by atoms with van der Waals surface area (Å²) >= 11 is 0. The molecule has 0 aliphatic heterocycles. The number of ether oxygens (including phenoxy) is 4. The molecule has 6 nitrogen and oxygen atoms in total. The van der Waals surface area contributed by atoms with E-state index in [0.717, 1.165) is 63.4 Å². The van der Waals surface area contributed by atoms with Crippen LogP contribution in [0.3, 0.4) is 0 Å². The van der Waals surface area contributed by atoms with Crippen LogP contribution < -0.4 is 0 Å². The van der Waals surface area contributed by atoms with Crippen molar-refractivity contribution in [2.75, 3.05) is 26.4 Å². The molecule has 1 aromatic carbocycles. The highest BCUT2D eigenvalue weighted by atomic mass is 16.6. The Morgan fingerprint density at radius 3 is 2.30 bits per heavy atom. The predicted octanol–water partition coefficient (Wildman–Crippen LogP) is 7.34. The van der Waals surface area contributed by atoms with Crippen LogP contribution in [0, 0.1) is 0 Å². The molecule has 0 N–H and O–H groups in total. The number of benzene rings is 1. The van der Waals surface area contributed by atoms with Gasteiger partial charge in [0.05, 0.1) is 26.4 Å². The number of esters is 2. The van der Waals surface area contributed by atoms with Crippen LogP contribution in [0.5, 0.6) is 0 Å². The van der Waals surface area contributed by atoms with Crippen LogP contribution in [0.15, 0.2) is 42.5 Å². The van der Waals surface area contributed by atoms with Crippen LogP contribution in [0.2, 0.25) is 0 Å². The van der Waals surface area contributed by atoms with Crippen molar-refractivity contribution in [1.82, 2.24) is 0 Å². The molecule has 0 spiro atoms. The zero-order valence-corrected chi connectivity index (χ0v) is 23.3. The Hall–Kier alpha value is -2.18. The molecule has 0 aliphatic rings. The van der Waals surface area contributed by atoms with E-state index < -0.39 is 0 Å². The quantitative estimate of drug-likeness (QED) is 0.0810. The van der Waals surface area contributed by atoms with Gasteiger partial charge in [0.25, 0.3) is 0 Å². The molecule has 1 aromatic rings. The standard InChI is InChI=1S/C31H50O6/c1-3-4-5-15-20-30(37-28(2)32)21-16-10-8-6-7-9-11-17-22-31(33)36-26-25-34-23-24-35-27-29-18-13-12-14-19-29/h10,12-14,16,18-19,30H,3-9,11,15,17,20-27H2,1-2H3/b16-10-. The van der Waals surface area contributed by atoms with Gasteiger partial charge >= 0.3 is 11.9 Å². The van der Waals surface area contributed by atoms with E-state index >= 15 is 0 Å². The van der Waals surface area contributed by atoms with Gasteiger partial charge in [-0.15, -0.1) is 0 Å². The average Bonchev–Trinajstić information content (AvgIpc) is 2.89. The summed E-state index contributed by atoms with van der Waals surface area (Å²) in [4.78, 5) is 23.1. The number of hydrogen-bond donors (Lipinski definition) is 0. The van der Waals surface area contributed by atoms with Gasteiger partial charge in [0.1, 0.15) is 12.7 Å². The molecule has 1 rings (SSSR count). The van der Waals surface area contributed by atoms with E-state index in [4.69, 9.17) is 18.9 Å². The van der Waals surface area contributed by atoms with Crippen molar-refractivity contribution in [3.05, 3.63) is 48.0 Å². The van der Waals surface area contributed by atoms with Crippen molar-refractivity contribution in [1.29, 1.82) is 0 Å². The van der Waals surface area contributed by atoms with Crippen molar-refractivity contribution in [3.8, 4) is 0 Å². The Morgan fingerprint density at radius 1 is 0.811 bits per heavy atom. The van der Waals surface area contributed by atoms with Crippen LogP contribution in [0.1, 0.15) is 103 Å². The lowest BCUT2D eigenvalue weighted by Gasteiger charge is -2.15. The third-order valence-electron chi connectivity index (χ3n) is 6.00. The second-order valence-electron chi connectivity index (χ2n) is 9.47. The second-order valence-corrected chi connectivity index (χ2v) is 9.47. The van der Waals surface area contributed by atoms with Gasteiger partial charge in [-0.1, -0.05) is 87.9 Å². The number of carbonyl (C=O) groups is 2. The number of carbonyl (C=O) groups excluding carboxylic acids is 2. The molecule has 0 saturated carbocycles. The van der Waals surface area contributed by atoms with Gasteiger partial charge in [0.15, 0.2) is 0 Å². The van der Waals surface area contributed by atoms with E-state index in [1.54, 1.807) is 0 Å². The van der Waals surface area contributed by atoms with Gasteiger partial charge in [0, 0.05) is 19.8 Å². The molecule has 0 radical (unpaired) electrons. The van der Waals surface area contributed by atoms with Gasteiger partial charge in [-0.25, -0.2) is 0 Å². The summed E-state index contributed by atoms with van der Waals surface area (Å²) in [6, 6.07) is 10.0. The highest BCUT2D eigenvalue weighted by Crippen LogP contribution is 2.13. The molecule has 0 saturated heterocycles. The SMILES string of the molecule is CCCCCCC(C/C=C\CCCCCCCC(=O)OCCOCCOCc1ccccc1)OC(C)=O. The summed E-state index contributed by atoms with van der Waals surface area (Å²) in [5, 5.41) is 0. The third kappa shape index (κ3) is 21.6. The van der Waals surface area contributed by atoms with E-state index in [1.807, 2.05) is 30.3 Å². The fourth-order valence-electron chi connectivity index (χ4n) is 3.96. The maximum Gasteiger partial charge on any atom is 0.305 e. The second kappa shape index (κ2) is 24.2. The number of hydrogen-bond acceptors (Lipinski definition) is 6. The summed E-state index contributed by atoms with van der Waals surface area (Å²) < 4.78 is 21.7. The Balaban J connectivity index is 1.89. The first-order valence-electron chi connectivity index (χ1n) is 14.3. The van der Waals surface area contributed by atoms with E-state index in [0.29, 0.717) is 39.5 Å².